The van der Waals surface area contributed by atoms with Crippen LogP contribution in [-0.2, 0) is 0 Å². The number of likely N-dealkylation sites (tertiary alicyclic amines) is 1. The summed E-state index contributed by atoms with van der Waals surface area (Å²) < 4.78 is 5.53. The van der Waals surface area contributed by atoms with E-state index in [4.69, 9.17) is 4.52 Å². The molecule has 0 bridgehead atoms. The van der Waals surface area contributed by atoms with Crippen LogP contribution in [0.2, 0.25) is 0 Å². The van der Waals surface area contributed by atoms with Gasteiger partial charge in [0.1, 0.15) is 0 Å². The summed E-state index contributed by atoms with van der Waals surface area (Å²) in [6, 6.07) is 27.9. The molecule has 1 aliphatic rings. The van der Waals surface area contributed by atoms with Gasteiger partial charge in [-0.05, 0) is 36.1 Å². The molecular weight excluding hydrogens is 386 g/mol. The summed E-state index contributed by atoms with van der Waals surface area (Å²) in [5.74, 6) is 1.55. The van der Waals surface area contributed by atoms with Crippen molar-refractivity contribution in [2.45, 2.75) is 18.8 Å². The van der Waals surface area contributed by atoms with E-state index < -0.39 is 0 Å². The van der Waals surface area contributed by atoms with Gasteiger partial charge in [0.15, 0.2) is 0 Å². The fourth-order valence-electron chi connectivity index (χ4n) is 4.05. The first-order valence-corrected chi connectivity index (χ1v) is 10.6. The van der Waals surface area contributed by atoms with Gasteiger partial charge in [-0.2, -0.15) is 4.98 Å². The van der Waals surface area contributed by atoms with Gasteiger partial charge in [0.25, 0.3) is 5.91 Å². The fraction of sp³-hybridized carbons (Fsp3) is 0.192. The van der Waals surface area contributed by atoms with Gasteiger partial charge in [0.05, 0.1) is 0 Å². The lowest BCUT2D eigenvalue weighted by molar-refractivity contribution is 0.0704. The molecular formula is C26H23N3O2. The average Bonchev–Trinajstić information content (AvgIpc) is 3.35. The van der Waals surface area contributed by atoms with E-state index in [1.807, 2.05) is 77.7 Å². The molecule has 1 saturated heterocycles. The molecule has 0 unspecified atom stereocenters. The zero-order valence-electron chi connectivity index (χ0n) is 17.1. The minimum atomic E-state index is 0.0774. The molecule has 0 aliphatic carbocycles. The number of amides is 1. The first kappa shape index (κ1) is 19.2. The standard InChI is InChI=1S/C26H23N3O2/c30-26(23-13-11-20(12-14-23)19-7-3-1-4-8-19)29-17-15-22(16-18-29)25-27-24(28-31-25)21-9-5-2-6-10-21/h1-14,22H,15-18H2. The van der Waals surface area contributed by atoms with Crippen LogP contribution in [0.3, 0.4) is 0 Å². The molecule has 0 atom stereocenters. The van der Waals surface area contributed by atoms with Gasteiger partial charge in [-0.25, -0.2) is 0 Å². The third kappa shape index (κ3) is 4.12. The zero-order chi connectivity index (χ0) is 21.0. The zero-order valence-corrected chi connectivity index (χ0v) is 17.1. The molecule has 0 saturated carbocycles. The summed E-state index contributed by atoms with van der Waals surface area (Å²) in [7, 11) is 0. The van der Waals surface area contributed by atoms with Crippen LogP contribution in [0.25, 0.3) is 22.5 Å². The van der Waals surface area contributed by atoms with Crippen LogP contribution in [0, 0.1) is 0 Å². The minimum absolute atomic E-state index is 0.0774. The van der Waals surface area contributed by atoms with Gasteiger partial charge in [-0.15, -0.1) is 0 Å². The van der Waals surface area contributed by atoms with Crippen LogP contribution < -0.4 is 0 Å². The predicted octanol–water partition coefficient (Wildman–Crippen LogP) is 5.42. The molecule has 1 aliphatic heterocycles. The Hall–Kier alpha value is -3.73. The number of hydrogen-bond acceptors (Lipinski definition) is 4. The predicted molar refractivity (Wildman–Crippen MR) is 119 cm³/mol. The largest absolute Gasteiger partial charge is 0.339 e. The average molecular weight is 409 g/mol. The van der Waals surface area contributed by atoms with Crippen molar-refractivity contribution in [2.24, 2.45) is 0 Å². The van der Waals surface area contributed by atoms with E-state index in [1.54, 1.807) is 0 Å². The molecule has 31 heavy (non-hydrogen) atoms. The first-order valence-electron chi connectivity index (χ1n) is 10.6. The van der Waals surface area contributed by atoms with Crippen molar-refractivity contribution in [3.63, 3.8) is 0 Å². The lowest BCUT2D eigenvalue weighted by atomic mass is 9.96. The van der Waals surface area contributed by atoms with E-state index in [-0.39, 0.29) is 11.8 Å². The smallest absolute Gasteiger partial charge is 0.253 e. The number of aromatic nitrogens is 2. The van der Waals surface area contributed by atoms with Crippen molar-refractivity contribution < 1.29 is 9.32 Å². The van der Waals surface area contributed by atoms with E-state index in [0.717, 1.165) is 35.1 Å². The molecule has 3 aromatic carbocycles. The number of rotatable bonds is 4. The highest BCUT2D eigenvalue weighted by Gasteiger charge is 2.28. The van der Waals surface area contributed by atoms with E-state index in [2.05, 4.69) is 22.3 Å². The number of piperidine rings is 1. The van der Waals surface area contributed by atoms with Crippen molar-refractivity contribution >= 4 is 5.91 Å². The second-order valence-electron chi connectivity index (χ2n) is 7.83. The van der Waals surface area contributed by atoms with Gasteiger partial charge >= 0.3 is 0 Å². The molecule has 0 N–H and O–H groups in total. The highest BCUT2D eigenvalue weighted by atomic mass is 16.5. The third-order valence-corrected chi connectivity index (χ3v) is 5.84. The van der Waals surface area contributed by atoms with Crippen molar-refractivity contribution in [1.29, 1.82) is 0 Å². The maximum absolute atomic E-state index is 13.0. The van der Waals surface area contributed by atoms with Crippen molar-refractivity contribution in [2.75, 3.05) is 13.1 Å². The second kappa shape index (κ2) is 8.56. The summed E-state index contributed by atoms with van der Waals surface area (Å²) in [5.41, 5.74) is 3.93. The molecule has 4 aromatic rings. The number of hydrogen-bond donors (Lipinski definition) is 0. The molecule has 1 aromatic heterocycles. The number of nitrogens with zero attached hydrogens (tertiary/aromatic N) is 3. The number of carbonyl (C=O) groups excluding carboxylic acids is 1. The molecule has 5 rings (SSSR count). The fourth-order valence-corrected chi connectivity index (χ4v) is 4.05. The minimum Gasteiger partial charge on any atom is -0.339 e. The highest BCUT2D eigenvalue weighted by Crippen LogP contribution is 2.29. The monoisotopic (exact) mass is 409 g/mol. The number of carbonyl (C=O) groups is 1. The normalized spacial score (nSPS) is 14.5. The molecule has 1 fully saturated rings. The Bertz CT molecular complexity index is 1150. The summed E-state index contributed by atoms with van der Waals surface area (Å²) >= 11 is 0. The summed E-state index contributed by atoms with van der Waals surface area (Å²) in [6.07, 6.45) is 1.65. The third-order valence-electron chi connectivity index (χ3n) is 5.84. The van der Waals surface area contributed by atoms with Crippen molar-refractivity contribution in [3.05, 3.63) is 96.4 Å². The lowest BCUT2D eigenvalue weighted by Crippen LogP contribution is -2.38. The van der Waals surface area contributed by atoms with Gasteiger partial charge in [-0.1, -0.05) is 78.0 Å². The molecule has 2 heterocycles. The molecule has 5 heteroatoms. The van der Waals surface area contributed by atoms with Crippen LogP contribution in [0.15, 0.2) is 89.5 Å². The van der Waals surface area contributed by atoms with Crippen molar-refractivity contribution in [1.82, 2.24) is 15.0 Å². The Labute approximate surface area is 181 Å². The SMILES string of the molecule is O=C(c1ccc(-c2ccccc2)cc1)N1CCC(c2nc(-c3ccccc3)no2)CC1. The topological polar surface area (TPSA) is 59.2 Å². The second-order valence-corrected chi connectivity index (χ2v) is 7.83. The maximum atomic E-state index is 13.0. The van der Waals surface area contributed by atoms with Crippen molar-refractivity contribution in [3.8, 4) is 22.5 Å². The Morgan fingerprint density at radius 1 is 0.774 bits per heavy atom. The Kier molecular flexibility index (Phi) is 5.31. The molecule has 1 amide bonds. The van der Waals surface area contributed by atoms with Crippen LogP contribution in [-0.4, -0.2) is 34.0 Å². The molecule has 154 valence electrons. The van der Waals surface area contributed by atoms with Crippen LogP contribution in [0.4, 0.5) is 0 Å². The summed E-state index contributed by atoms with van der Waals surface area (Å²) in [4.78, 5) is 19.5. The molecule has 0 radical (unpaired) electrons. The Morgan fingerprint density at radius 3 is 2.00 bits per heavy atom. The van der Waals surface area contributed by atoms with E-state index >= 15 is 0 Å². The first-order chi connectivity index (χ1) is 15.3. The van der Waals surface area contributed by atoms with E-state index in [0.29, 0.717) is 24.8 Å². The Morgan fingerprint density at radius 2 is 1.35 bits per heavy atom. The highest BCUT2D eigenvalue weighted by molar-refractivity contribution is 5.94. The van der Waals surface area contributed by atoms with Gasteiger partial charge < -0.3 is 9.42 Å². The van der Waals surface area contributed by atoms with Crippen LogP contribution in [0.1, 0.15) is 35.0 Å². The molecule has 0 spiro atoms. The summed E-state index contributed by atoms with van der Waals surface area (Å²) in [6.45, 7) is 1.37. The summed E-state index contributed by atoms with van der Waals surface area (Å²) in [5, 5.41) is 4.13. The van der Waals surface area contributed by atoms with Gasteiger partial charge in [-0.3, -0.25) is 4.79 Å². The van der Waals surface area contributed by atoms with Crippen LogP contribution in [0.5, 0.6) is 0 Å². The maximum Gasteiger partial charge on any atom is 0.253 e. The quantitative estimate of drug-likeness (QED) is 0.451. The van der Waals surface area contributed by atoms with Gasteiger partial charge in [0.2, 0.25) is 11.7 Å². The van der Waals surface area contributed by atoms with Crippen LogP contribution >= 0.6 is 0 Å². The Balaban J connectivity index is 1.22. The lowest BCUT2D eigenvalue weighted by Gasteiger charge is -2.30. The van der Waals surface area contributed by atoms with Gasteiger partial charge in [0, 0.05) is 30.1 Å². The van der Waals surface area contributed by atoms with E-state index in [9.17, 15) is 4.79 Å². The van der Waals surface area contributed by atoms with E-state index in [1.165, 1.54) is 0 Å². The number of benzene rings is 3. The molecule has 5 nitrogen and oxygen atoms in total.